The number of aromatic nitrogens is 3. The number of rotatable bonds is 8. The normalized spacial score (nSPS) is 16.0. The van der Waals surface area contributed by atoms with E-state index in [1.807, 2.05) is 12.1 Å². The molecule has 1 aliphatic heterocycles. The van der Waals surface area contributed by atoms with E-state index in [0.717, 1.165) is 23.5 Å². The second-order valence-electron chi connectivity index (χ2n) is 14.5. The highest BCUT2D eigenvalue weighted by Crippen LogP contribution is 2.45. The van der Waals surface area contributed by atoms with Crippen LogP contribution in [0.5, 0.6) is 11.6 Å². The lowest BCUT2D eigenvalue weighted by Gasteiger charge is -2.31. The van der Waals surface area contributed by atoms with Gasteiger partial charge < -0.3 is 9.72 Å². The average Bonchev–Trinajstić information content (AvgIpc) is 3.72. The van der Waals surface area contributed by atoms with Gasteiger partial charge in [-0.1, -0.05) is 38.8 Å². The number of benzene rings is 4. The van der Waals surface area contributed by atoms with Gasteiger partial charge in [-0.3, -0.25) is 24.0 Å². The largest absolute Gasteiger partial charge is 0.439 e. The molecule has 6 aromatic rings. The number of hydrogen-bond donors (Lipinski definition) is 1. The zero-order valence-corrected chi connectivity index (χ0v) is 30.4. The molecule has 10 nitrogen and oxygen atoms in total. The van der Waals surface area contributed by atoms with Crippen molar-refractivity contribution in [3.05, 3.63) is 129 Å². The van der Waals surface area contributed by atoms with Crippen LogP contribution in [0, 0.1) is 5.92 Å². The number of pyridine rings is 1. The molecule has 0 saturated heterocycles. The number of fused-ring (bicyclic) bond motifs is 1. The maximum Gasteiger partial charge on any atom is 0.266 e. The Balaban J connectivity index is 1.08. The molecule has 0 bridgehead atoms. The summed E-state index contributed by atoms with van der Waals surface area (Å²) in [6.07, 6.45) is 6.24. The van der Waals surface area contributed by atoms with E-state index in [1.54, 1.807) is 60.4 Å². The zero-order chi connectivity index (χ0) is 37.2. The van der Waals surface area contributed by atoms with Crippen LogP contribution in [0.15, 0.2) is 94.7 Å². The Labute approximate surface area is 314 Å². The van der Waals surface area contributed by atoms with Gasteiger partial charge in [-0.05, 0) is 90.9 Å². The first-order valence-electron chi connectivity index (χ1n) is 18.1. The predicted molar refractivity (Wildman–Crippen MR) is 206 cm³/mol. The summed E-state index contributed by atoms with van der Waals surface area (Å²) >= 11 is 1.64. The molecule has 268 valence electrons. The van der Waals surface area contributed by atoms with Crippen molar-refractivity contribution in [2.45, 2.75) is 56.3 Å². The summed E-state index contributed by atoms with van der Waals surface area (Å²) in [5.41, 5.74) is 2.33. The molecule has 0 radical (unpaired) electrons. The van der Waals surface area contributed by atoms with E-state index in [9.17, 15) is 24.0 Å². The number of H-pyrrole nitrogens is 1. The number of ketones is 2. The minimum absolute atomic E-state index is 0.0919. The molecule has 54 heavy (non-hydrogen) atoms. The van der Waals surface area contributed by atoms with Gasteiger partial charge in [-0.2, -0.15) is 0 Å². The Kier molecular flexibility index (Phi) is 8.26. The molecule has 1 saturated carbocycles. The number of ether oxygens (including phenoxy) is 1. The second-order valence-corrected chi connectivity index (χ2v) is 15.6. The summed E-state index contributed by atoms with van der Waals surface area (Å²) in [6.45, 7) is 4.27. The highest BCUT2D eigenvalue weighted by atomic mass is 32.2. The zero-order valence-electron chi connectivity index (χ0n) is 29.5. The lowest BCUT2D eigenvalue weighted by atomic mass is 9.76. The van der Waals surface area contributed by atoms with E-state index in [-0.39, 0.29) is 49.8 Å². The number of nitrogens with zero attached hydrogens (tertiary/aromatic N) is 3. The molecular formula is C43H34N4O6S. The Morgan fingerprint density at radius 3 is 2.17 bits per heavy atom. The molecule has 0 spiro atoms. The van der Waals surface area contributed by atoms with Crippen LogP contribution in [0.25, 0.3) is 21.7 Å². The Morgan fingerprint density at radius 1 is 0.815 bits per heavy atom. The summed E-state index contributed by atoms with van der Waals surface area (Å²) < 4.78 is 5.77. The average molecular weight is 735 g/mol. The van der Waals surface area contributed by atoms with Crippen LogP contribution >= 0.6 is 11.8 Å². The number of anilines is 1. The maximum atomic E-state index is 14.4. The highest BCUT2D eigenvalue weighted by molar-refractivity contribution is 7.99. The minimum atomic E-state index is -1.43. The van der Waals surface area contributed by atoms with Crippen LogP contribution < -0.4 is 15.2 Å². The molecule has 0 atom stereocenters. The Hall–Kier alpha value is -5.94. The van der Waals surface area contributed by atoms with Gasteiger partial charge in [0.15, 0.2) is 11.6 Å². The minimum Gasteiger partial charge on any atom is -0.439 e. The molecule has 9 rings (SSSR count). The number of amides is 2. The van der Waals surface area contributed by atoms with Crippen LogP contribution in [0.3, 0.4) is 0 Å². The van der Waals surface area contributed by atoms with Crippen molar-refractivity contribution in [2.75, 3.05) is 10.7 Å². The molecule has 2 aliphatic carbocycles. The quantitative estimate of drug-likeness (QED) is 0.0925. The fourth-order valence-electron chi connectivity index (χ4n) is 7.96. The van der Waals surface area contributed by atoms with Crippen LogP contribution in [0.1, 0.15) is 104 Å². The predicted octanol–water partition coefficient (Wildman–Crippen LogP) is 8.63. The number of carbonyl (C=O) groups is 4. The van der Waals surface area contributed by atoms with Crippen LogP contribution in [-0.4, -0.2) is 44.1 Å². The van der Waals surface area contributed by atoms with Gasteiger partial charge in [0.05, 0.1) is 16.6 Å². The topological polar surface area (TPSA) is 139 Å². The molecule has 3 heterocycles. The van der Waals surface area contributed by atoms with Crippen molar-refractivity contribution in [3.63, 3.8) is 0 Å². The van der Waals surface area contributed by atoms with Crippen molar-refractivity contribution in [3.8, 4) is 11.6 Å². The van der Waals surface area contributed by atoms with Crippen molar-refractivity contribution in [1.29, 1.82) is 0 Å². The summed E-state index contributed by atoms with van der Waals surface area (Å²) in [6, 6.07) is 22.2. The molecular weight excluding hydrogens is 701 g/mol. The lowest BCUT2D eigenvalue weighted by molar-refractivity contribution is 0.0842. The summed E-state index contributed by atoms with van der Waals surface area (Å²) in [5.74, 6) is -1.29. The number of nitrogens with one attached hydrogen (secondary N) is 1. The van der Waals surface area contributed by atoms with Gasteiger partial charge in [0, 0.05) is 55.9 Å². The van der Waals surface area contributed by atoms with Gasteiger partial charge in [-0.25, -0.2) is 14.9 Å². The van der Waals surface area contributed by atoms with Crippen molar-refractivity contribution in [2.24, 2.45) is 5.92 Å². The third-order valence-corrected chi connectivity index (χ3v) is 12.0. The van der Waals surface area contributed by atoms with Crippen molar-refractivity contribution < 1.29 is 23.9 Å². The number of thioether (sulfide) groups is 1. The van der Waals surface area contributed by atoms with Crippen LogP contribution in [0.4, 0.5) is 5.69 Å². The highest BCUT2D eigenvalue weighted by Gasteiger charge is 2.43. The van der Waals surface area contributed by atoms with E-state index < -0.39 is 34.9 Å². The van der Waals surface area contributed by atoms with E-state index in [4.69, 9.17) is 4.74 Å². The van der Waals surface area contributed by atoms with Crippen molar-refractivity contribution in [1.82, 2.24) is 15.0 Å². The standard InChI is InChI=1S/C43H34N4O6S/c1-22(2)21-54-33-19-24(23-7-3-4-8-23)10-17-32(33)47-42(51)28-14-12-26-35-27(13-15-29(36(28)35)43(47)52)39(49)37(38(26)48)40-45-31-16-11-25(20-30(31)41(50)46-40)53-34-9-5-6-18-44-34/h5-6,9-20,22-23,37H,3-4,7-8,21H2,1-2H3,(H,45,46,50). The Morgan fingerprint density at radius 2 is 1.50 bits per heavy atom. The summed E-state index contributed by atoms with van der Waals surface area (Å²) in [7, 11) is 0. The fourth-order valence-corrected chi connectivity index (χ4v) is 9.00. The van der Waals surface area contributed by atoms with Crippen LogP contribution in [-0.2, 0) is 0 Å². The number of hydrogen-bond acceptors (Lipinski definition) is 9. The summed E-state index contributed by atoms with van der Waals surface area (Å²) in [5, 5.41) is 0.765. The Bertz CT molecular complexity index is 2580. The first-order chi connectivity index (χ1) is 26.2. The van der Waals surface area contributed by atoms with E-state index in [2.05, 4.69) is 34.9 Å². The van der Waals surface area contributed by atoms with E-state index in [1.165, 1.54) is 41.5 Å². The molecule has 0 unspecified atom stereocenters. The molecule has 4 aromatic carbocycles. The van der Waals surface area contributed by atoms with Gasteiger partial charge >= 0.3 is 0 Å². The number of aromatic amines is 1. The second kappa shape index (κ2) is 13.2. The van der Waals surface area contributed by atoms with E-state index >= 15 is 0 Å². The number of carbonyl (C=O) groups excluding carboxylic acids is 4. The number of imide groups is 1. The SMILES string of the molecule is CC(C)CSc1cc(C2CCCC2)ccc1N1C(=O)c2ccc3c4c(ccc(c24)C1=O)C(=O)C(c1nc2ccc(Oc4ccccn4)cc2c(=O)[nH]1)C3=O. The monoisotopic (exact) mass is 734 g/mol. The van der Waals surface area contributed by atoms with Gasteiger partial charge in [0.25, 0.3) is 17.4 Å². The third-order valence-electron chi connectivity index (χ3n) is 10.5. The molecule has 1 N–H and O–H groups in total. The fraction of sp³-hybridized carbons (Fsp3) is 0.233. The molecule has 1 fully saturated rings. The van der Waals surface area contributed by atoms with Gasteiger partial charge in [0.2, 0.25) is 5.88 Å². The molecule has 2 amide bonds. The number of Topliss-reactive ketones (excluding diaryl/α,β-unsaturated/α-hetero) is 2. The molecule has 11 heteroatoms. The van der Waals surface area contributed by atoms with Gasteiger partial charge in [-0.15, -0.1) is 11.8 Å². The van der Waals surface area contributed by atoms with E-state index in [0.29, 0.717) is 29.2 Å². The van der Waals surface area contributed by atoms with Crippen molar-refractivity contribution >= 4 is 62.5 Å². The first kappa shape index (κ1) is 33.9. The van der Waals surface area contributed by atoms with Gasteiger partial charge in [0.1, 0.15) is 17.5 Å². The summed E-state index contributed by atoms with van der Waals surface area (Å²) in [4.78, 5) is 84.0. The molecule has 3 aliphatic rings. The molecule has 2 aromatic heterocycles. The van der Waals surface area contributed by atoms with Crippen LogP contribution in [0.2, 0.25) is 0 Å². The maximum absolute atomic E-state index is 14.4. The smallest absolute Gasteiger partial charge is 0.266 e. The third kappa shape index (κ3) is 5.53. The first-order valence-corrected chi connectivity index (χ1v) is 19.1. The lowest BCUT2D eigenvalue weighted by Crippen LogP contribution is -2.41.